The second-order valence-electron chi connectivity index (χ2n) is 4.99. The number of nitrogens with two attached hydrogens (primary N) is 1. The first kappa shape index (κ1) is 17.4. The molecule has 1 heterocycles. The largest absolute Gasteiger partial charge is 0.384 e. The van der Waals surface area contributed by atoms with E-state index in [-0.39, 0.29) is 4.90 Å². The molecule has 0 radical (unpaired) electrons. The Kier molecular flexibility index (Phi) is 6.06. The minimum atomic E-state index is -3.62. The van der Waals surface area contributed by atoms with Crippen molar-refractivity contribution in [3.8, 4) is 0 Å². The molecule has 5 nitrogen and oxygen atoms in total. The van der Waals surface area contributed by atoms with Crippen LogP contribution in [0.4, 0.5) is 0 Å². The molecule has 0 unspecified atom stereocenters. The summed E-state index contributed by atoms with van der Waals surface area (Å²) in [4.78, 5) is 1.36. The number of hydrogen-bond donors (Lipinski definition) is 3. The number of benzene rings is 1. The van der Waals surface area contributed by atoms with Crippen molar-refractivity contribution >= 4 is 21.4 Å². The molecule has 0 aliphatic rings. The summed E-state index contributed by atoms with van der Waals surface area (Å²) in [5.41, 5.74) is 6.55. The van der Waals surface area contributed by atoms with Gasteiger partial charge in [0.25, 0.3) is 10.0 Å². The van der Waals surface area contributed by atoms with Gasteiger partial charge in [0.15, 0.2) is 0 Å². The first-order valence-electron chi connectivity index (χ1n) is 7.35. The van der Waals surface area contributed by atoms with Crippen molar-refractivity contribution in [2.24, 2.45) is 5.73 Å². The molecule has 0 saturated heterocycles. The molecular formula is C16H21N3O2S2. The van der Waals surface area contributed by atoms with Gasteiger partial charge in [-0.3, -0.25) is 4.72 Å². The Hall–Kier alpha value is -1.99. The maximum Gasteiger partial charge on any atom is 0.261 e. The lowest BCUT2D eigenvalue weighted by atomic mass is 10.2. The van der Waals surface area contributed by atoms with E-state index in [4.69, 9.17) is 5.73 Å². The summed E-state index contributed by atoms with van der Waals surface area (Å²) in [6.07, 6.45) is 1.34. The predicted octanol–water partition coefficient (Wildman–Crippen LogP) is 2.74. The van der Waals surface area contributed by atoms with E-state index in [0.717, 1.165) is 11.3 Å². The maximum absolute atomic E-state index is 12.4. The van der Waals surface area contributed by atoms with Gasteiger partial charge < -0.3 is 11.1 Å². The van der Waals surface area contributed by atoms with Crippen LogP contribution in [0.5, 0.6) is 0 Å². The molecule has 0 fully saturated rings. The molecule has 0 saturated carbocycles. The maximum atomic E-state index is 12.4. The lowest BCUT2D eigenvalue weighted by molar-refractivity contribution is 0.584. The van der Waals surface area contributed by atoms with Crippen molar-refractivity contribution in [1.82, 2.24) is 10.0 Å². The topological polar surface area (TPSA) is 84.2 Å². The van der Waals surface area contributed by atoms with Crippen molar-refractivity contribution in [2.75, 3.05) is 0 Å². The summed E-state index contributed by atoms with van der Waals surface area (Å²) in [6, 6.07) is 12.2. The van der Waals surface area contributed by atoms with Crippen LogP contribution in [0.2, 0.25) is 0 Å². The van der Waals surface area contributed by atoms with Crippen molar-refractivity contribution in [1.29, 1.82) is 0 Å². The van der Waals surface area contributed by atoms with Crippen LogP contribution in [0.15, 0.2) is 64.3 Å². The number of sulfonamides is 1. The molecule has 4 N–H and O–H groups in total. The zero-order valence-electron chi connectivity index (χ0n) is 13.0. The minimum absolute atomic E-state index is 0.222. The summed E-state index contributed by atoms with van der Waals surface area (Å²) in [5.74, 6) is 0.361. The average Bonchev–Trinajstić information content (AvgIpc) is 3.06. The van der Waals surface area contributed by atoms with E-state index in [1.165, 1.54) is 0 Å². The van der Waals surface area contributed by atoms with Crippen molar-refractivity contribution in [3.05, 3.63) is 64.2 Å². The van der Waals surface area contributed by atoms with Crippen LogP contribution in [-0.4, -0.2) is 8.42 Å². The van der Waals surface area contributed by atoms with Crippen molar-refractivity contribution in [2.45, 2.75) is 31.2 Å². The van der Waals surface area contributed by atoms with Gasteiger partial charge in [-0.15, -0.1) is 11.3 Å². The molecule has 23 heavy (non-hydrogen) atoms. The van der Waals surface area contributed by atoms with Crippen molar-refractivity contribution < 1.29 is 8.42 Å². The molecule has 0 atom stereocenters. The summed E-state index contributed by atoms with van der Waals surface area (Å²) in [5, 5.41) is 5.07. The third-order valence-electron chi connectivity index (χ3n) is 3.17. The van der Waals surface area contributed by atoms with Gasteiger partial charge in [-0.25, -0.2) is 8.42 Å². The minimum Gasteiger partial charge on any atom is -0.384 e. The molecule has 0 spiro atoms. The molecule has 0 amide bonds. The highest BCUT2D eigenvalue weighted by molar-refractivity contribution is 7.89. The van der Waals surface area contributed by atoms with E-state index in [1.807, 2.05) is 24.4 Å². The molecule has 7 heteroatoms. The summed E-state index contributed by atoms with van der Waals surface area (Å²) in [6.45, 7) is 2.55. The molecule has 2 aromatic rings. The lowest BCUT2D eigenvalue weighted by Crippen LogP contribution is -2.31. The fourth-order valence-corrected chi connectivity index (χ4v) is 3.83. The van der Waals surface area contributed by atoms with Crippen LogP contribution in [0.1, 0.15) is 24.6 Å². The SMILES string of the molecule is CCC/C(NS(=O)(=O)c1ccccc1)=C(/N)NCc1cccs1. The molecule has 1 aromatic carbocycles. The van der Waals surface area contributed by atoms with Crippen LogP contribution >= 0.6 is 11.3 Å². The fraction of sp³-hybridized carbons (Fsp3) is 0.250. The Morgan fingerprint density at radius 3 is 2.52 bits per heavy atom. The van der Waals surface area contributed by atoms with Gasteiger partial charge in [-0.2, -0.15) is 0 Å². The van der Waals surface area contributed by atoms with E-state index in [2.05, 4.69) is 10.0 Å². The van der Waals surface area contributed by atoms with Crippen LogP contribution < -0.4 is 15.8 Å². The summed E-state index contributed by atoms with van der Waals surface area (Å²) in [7, 11) is -3.62. The zero-order valence-corrected chi connectivity index (χ0v) is 14.6. The molecule has 0 aliphatic carbocycles. The van der Waals surface area contributed by atoms with Crippen LogP contribution in [0.25, 0.3) is 0 Å². The number of allylic oxidation sites excluding steroid dienone is 1. The molecule has 2 rings (SSSR count). The van der Waals surface area contributed by atoms with Gasteiger partial charge in [0, 0.05) is 4.88 Å². The van der Waals surface area contributed by atoms with Gasteiger partial charge in [0.2, 0.25) is 0 Å². The van der Waals surface area contributed by atoms with Gasteiger partial charge >= 0.3 is 0 Å². The quantitative estimate of drug-likeness (QED) is 0.683. The fourth-order valence-electron chi connectivity index (χ4n) is 2.01. The monoisotopic (exact) mass is 351 g/mol. The van der Waals surface area contributed by atoms with Gasteiger partial charge in [-0.05, 0) is 30.0 Å². The number of nitrogens with one attached hydrogen (secondary N) is 2. The molecule has 124 valence electrons. The van der Waals surface area contributed by atoms with Crippen LogP contribution in [0.3, 0.4) is 0 Å². The van der Waals surface area contributed by atoms with E-state index in [9.17, 15) is 8.42 Å². The van der Waals surface area contributed by atoms with E-state index < -0.39 is 10.0 Å². The number of hydrogen-bond acceptors (Lipinski definition) is 5. The van der Waals surface area contributed by atoms with Crippen LogP contribution in [0, 0.1) is 0 Å². The smallest absolute Gasteiger partial charge is 0.261 e. The molecule has 0 aliphatic heterocycles. The molecule has 0 bridgehead atoms. The Morgan fingerprint density at radius 1 is 1.17 bits per heavy atom. The predicted molar refractivity (Wildman–Crippen MR) is 94.0 cm³/mol. The Balaban J connectivity index is 2.15. The zero-order chi connectivity index (χ0) is 16.7. The second-order valence-corrected chi connectivity index (χ2v) is 7.71. The number of thiophene rings is 1. The normalized spacial score (nSPS) is 12.6. The Morgan fingerprint density at radius 2 is 1.91 bits per heavy atom. The van der Waals surface area contributed by atoms with E-state index in [0.29, 0.717) is 24.5 Å². The number of rotatable bonds is 8. The van der Waals surface area contributed by atoms with Gasteiger partial charge in [0.05, 0.1) is 17.1 Å². The van der Waals surface area contributed by atoms with E-state index in [1.54, 1.807) is 41.7 Å². The highest BCUT2D eigenvalue weighted by Crippen LogP contribution is 2.13. The van der Waals surface area contributed by atoms with Crippen LogP contribution in [-0.2, 0) is 16.6 Å². The highest BCUT2D eigenvalue weighted by Gasteiger charge is 2.16. The third-order valence-corrected chi connectivity index (χ3v) is 5.45. The second kappa shape index (κ2) is 8.03. The molecule has 1 aromatic heterocycles. The average molecular weight is 351 g/mol. The summed E-state index contributed by atoms with van der Waals surface area (Å²) >= 11 is 1.62. The Labute approximate surface area is 141 Å². The Bertz CT molecular complexity index is 739. The summed E-state index contributed by atoms with van der Waals surface area (Å²) < 4.78 is 27.5. The van der Waals surface area contributed by atoms with E-state index >= 15 is 0 Å². The standard InChI is InChI=1S/C16H21N3O2S2/c1-2-7-15(16(17)18-12-13-8-6-11-22-13)19-23(20,21)14-9-4-3-5-10-14/h3-6,8-11,18-19H,2,7,12,17H2,1H3/b16-15+. The van der Waals surface area contributed by atoms with Gasteiger partial charge in [0.1, 0.15) is 5.82 Å². The molecular weight excluding hydrogens is 330 g/mol. The first-order valence-corrected chi connectivity index (χ1v) is 9.72. The van der Waals surface area contributed by atoms with Gasteiger partial charge in [-0.1, -0.05) is 37.6 Å². The highest BCUT2D eigenvalue weighted by atomic mass is 32.2. The third kappa shape index (κ3) is 5.01. The first-order chi connectivity index (χ1) is 11.0. The van der Waals surface area contributed by atoms with Crippen molar-refractivity contribution in [3.63, 3.8) is 0 Å². The lowest BCUT2D eigenvalue weighted by Gasteiger charge is -2.15.